The van der Waals surface area contributed by atoms with Crippen molar-refractivity contribution < 1.29 is 14.3 Å². The summed E-state index contributed by atoms with van der Waals surface area (Å²) in [6.07, 6.45) is 3.12. The number of aromatic nitrogens is 1. The molecule has 2 heterocycles. The van der Waals surface area contributed by atoms with E-state index in [4.69, 9.17) is 9.52 Å². The highest BCUT2D eigenvalue weighted by Crippen LogP contribution is 2.10. The van der Waals surface area contributed by atoms with E-state index in [1.807, 2.05) is 19.1 Å². The lowest BCUT2D eigenvalue weighted by Crippen LogP contribution is -2.15. The number of furan rings is 1. The number of rotatable bonds is 5. The van der Waals surface area contributed by atoms with Crippen LogP contribution < -0.4 is 5.32 Å². The van der Waals surface area contributed by atoms with Crippen molar-refractivity contribution >= 4 is 5.97 Å². The molecule has 5 nitrogen and oxygen atoms in total. The van der Waals surface area contributed by atoms with Gasteiger partial charge in [0.2, 0.25) is 5.76 Å². The quantitative estimate of drug-likeness (QED) is 0.843. The maximum Gasteiger partial charge on any atom is 0.372 e. The summed E-state index contributed by atoms with van der Waals surface area (Å²) in [6.45, 7) is 3.02. The van der Waals surface area contributed by atoms with Gasteiger partial charge >= 0.3 is 5.97 Å². The van der Waals surface area contributed by atoms with Crippen LogP contribution in [0.5, 0.6) is 0 Å². The van der Waals surface area contributed by atoms with Crippen LogP contribution in [0, 0.1) is 6.92 Å². The van der Waals surface area contributed by atoms with Crippen molar-refractivity contribution in [1.82, 2.24) is 10.3 Å². The Balaban J connectivity index is 1.95. The van der Waals surface area contributed by atoms with Gasteiger partial charge in [0.15, 0.2) is 0 Å². The first-order valence-corrected chi connectivity index (χ1v) is 5.59. The van der Waals surface area contributed by atoms with Crippen LogP contribution in [0.1, 0.15) is 27.4 Å². The SMILES string of the molecule is Cc1cccnc1CNCc1ccoc1C(=O)O. The second-order valence-corrected chi connectivity index (χ2v) is 3.95. The smallest absolute Gasteiger partial charge is 0.372 e. The van der Waals surface area contributed by atoms with E-state index in [-0.39, 0.29) is 5.76 Å². The molecule has 18 heavy (non-hydrogen) atoms. The minimum Gasteiger partial charge on any atom is -0.475 e. The molecule has 2 rings (SSSR count). The lowest BCUT2D eigenvalue weighted by molar-refractivity contribution is 0.0660. The van der Waals surface area contributed by atoms with E-state index in [9.17, 15) is 4.79 Å². The Morgan fingerprint density at radius 3 is 3.00 bits per heavy atom. The molecule has 0 radical (unpaired) electrons. The standard InChI is InChI=1S/C13H14N2O3/c1-9-3-2-5-15-11(9)8-14-7-10-4-6-18-12(10)13(16)17/h2-6,14H,7-8H2,1H3,(H,16,17). The third-order valence-corrected chi connectivity index (χ3v) is 2.67. The maximum absolute atomic E-state index is 10.8. The van der Waals surface area contributed by atoms with Crippen LogP contribution in [0.15, 0.2) is 35.1 Å². The molecule has 0 fully saturated rings. The van der Waals surface area contributed by atoms with E-state index in [1.165, 1.54) is 6.26 Å². The normalized spacial score (nSPS) is 10.5. The fourth-order valence-corrected chi connectivity index (χ4v) is 1.68. The number of carboxylic acid groups (broad SMARTS) is 1. The van der Waals surface area contributed by atoms with E-state index < -0.39 is 5.97 Å². The number of hydrogen-bond donors (Lipinski definition) is 2. The molecule has 0 saturated heterocycles. The second-order valence-electron chi connectivity index (χ2n) is 3.95. The molecule has 2 aromatic rings. The number of aromatic carboxylic acids is 1. The maximum atomic E-state index is 10.8. The minimum absolute atomic E-state index is 0.0137. The van der Waals surface area contributed by atoms with E-state index in [0.717, 1.165) is 11.3 Å². The van der Waals surface area contributed by atoms with E-state index in [0.29, 0.717) is 18.7 Å². The number of nitrogens with one attached hydrogen (secondary N) is 1. The first-order chi connectivity index (χ1) is 8.68. The van der Waals surface area contributed by atoms with Crippen molar-refractivity contribution in [2.45, 2.75) is 20.0 Å². The van der Waals surface area contributed by atoms with Gasteiger partial charge in [-0.25, -0.2) is 4.79 Å². The molecule has 0 amide bonds. The predicted molar refractivity (Wildman–Crippen MR) is 65.2 cm³/mol. The molecule has 0 aromatic carbocycles. The molecule has 94 valence electrons. The van der Waals surface area contributed by atoms with Gasteiger partial charge in [-0.1, -0.05) is 6.07 Å². The van der Waals surface area contributed by atoms with Crippen molar-refractivity contribution in [1.29, 1.82) is 0 Å². The van der Waals surface area contributed by atoms with Gasteiger partial charge in [-0.2, -0.15) is 0 Å². The molecule has 5 heteroatoms. The number of nitrogens with zero attached hydrogens (tertiary/aromatic N) is 1. The summed E-state index contributed by atoms with van der Waals surface area (Å²) in [7, 11) is 0. The van der Waals surface area contributed by atoms with E-state index >= 15 is 0 Å². The molecular weight excluding hydrogens is 232 g/mol. The van der Waals surface area contributed by atoms with Crippen LogP contribution >= 0.6 is 0 Å². The first kappa shape index (κ1) is 12.3. The van der Waals surface area contributed by atoms with E-state index in [1.54, 1.807) is 12.3 Å². The Labute approximate surface area is 104 Å². The van der Waals surface area contributed by atoms with Gasteiger partial charge < -0.3 is 14.8 Å². The van der Waals surface area contributed by atoms with Crippen LogP contribution in [0.25, 0.3) is 0 Å². The van der Waals surface area contributed by atoms with Gasteiger partial charge in [0.05, 0.1) is 12.0 Å². The summed E-state index contributed by atoms with van der Waals surface area (Å²) in [4.78, 5) is 15.1. The van der Waals surface area contributed by atoms with Crippen LogP contribution in [0.3, 0.4) is 0 Å². The Morgan fingerprint density at radius 2 is 2.28 bits per heavy atom. The minimum atomic E-state index is -1.05. The summed E-state index contributed by atoms with van der Waals surface area (Å²) < 4.78 is 4.90. The molecule has 0 aliphatic heterocycles. The van der Waals surface area contributed by atoms with Gasteiger partial charge in [0, 0.05) is 24.8 Å². The predicted octanol–water partition coefficient (Wildman–Crippen LogP) is 1.97. The van der Waals surface area contributed by atoms with Crippen molar-refractivity contribution in [2.24, 2.45) is 0 Å². The second kappa shape index (κ2) is 5.46. The van der Waals surface area contributed by atoms with Gasteiger partial charge in [0.1, 0.15) is 0 Å². The van der Waals surface area contributed by atoms with Crippen LogP contribution in [-0.2, 0) is 13.1 Å². The lowest BCUT2D eigenvalue weighted by atomic mass is 10.2. The zero-order valence-electron chi connectivity index (χ0n) is 10.0. The Morgan fingerprint density at radius 1 is 1.44 bits per heavy atom. The zero-order chi connectivity index (χ0) is 13.0. The Bertz CT molecular complexity index is 549. The Hall–Kier alpha value is -2.14. The number of aryl methyl sites for hydroxylation is 1. The molecule has 0 atom stereocenters. The monoisotopic (exact) mass is 246 g/mol. The fourth-order valence-electron chi connectivity index (χ4n) is 1.68. The van der Waals surface area contributed by atoms with Gasteiger partial charge in [-0.3, -0.25) is 4.98 Å². The molecule has 0 saturated carbocycles. The van der Waals surface area contributed by atoms with Crippen molar-refractivity contribution in [2.75, 3.05) is 0 Å². The average molecular weight is 246 g/mol. The molecule has 2 aromatic heterocycles. The number of carbonyl (C=O) groups is 1. The fraction of sp³-hybridized carbons (Fsp3) is 0.231. The van der Waals surface area contributed by atoms with Crippen LogP contribution in [0.2, 0.25) is 0 Å². The summed E-state index contributed by atoms with van der Waals surface area (Å²) in [5.41, 5.74) is 2.70. The van der Waals surface area contributed by atoms with Crippen molar-refractivity contribution in [3.8, 4) is 0 Å². The molecular formula is C13H14N2O3. The van der Waals surface area contributed by atoms with Gasteiger partial charge in [-0.05, 0) is 24.6 Å². The molecule has 0 unspecified atom stereocenters. The Kier molecular flexibility index (Phi) is 3.74. The summed E-state index contributed by atoms with van der Waals surface area (Å²) >= 11 is 0. The zero-order valence-corrected chi connectivity index (χ0v) is 10.0. The summed E-state index contributed by atoms with van der Waals surface area (Å²) in [5, 5.41) is 12.0. The summed E-state index contributed by atoms with van der Waals surface area (Å²) in [5.74, 6) is -1.06. The largest absolute Gasteiger partial charge is 0.475 e. The number of pyridine rings is 1. The molecule has 0 aliphatic rings. The first-order valence-electron chi connectivity index (χ1n) is 5.59. The molecule has 0 bridgehead atoms. The van der Waals surface area contributed by atoms with Crippen molar-refractivity contribution in [3.63, 3.8) is 0 Å². The average Bonchev–Trinajstić information content (AvgIpc) is 2.80. The summed E-state index contributed by atoms with van der Waals surface area (Å²) in [6, 6.07) is 5.53. The highest BCUT2D eigenvalue weighted by molar-refractivity contribution is 5.86. The third-order valence-electron chi connectivity index (χ3n) is 2.67. The highest BCUT2D eigenvalue weighted by atomic mass is 16.4. The van der Waals surface area contributed by atoms with Gasteiger partial charge in [0.25, 0.3) is 0 Å². The number of hydrogen-bond acceptors (Lipinski definition) is 4. The lowest BCUT2D eigenvalue weighted by Gasteiger charge is -2.05. The topological polar surface area (TPSA) is 75.4 Å². The molecule has 0 aliphatic carbocycles. The van der Waals surface area contributed by atoms with Crippen LogP contribution in [-0.4, -0.2) is 16.1 Å². The molecule has 2 N–H and O–H groups in total. The number of carboxylic acids is 1. The van der Waals surface area contributed by atoms with E-state index in [2.05, 4.69) is 10.3 Å². The van der Waals surface area contributed by atoms with Crippen molar-refractivity contribution in [3.05, 3.63) is 53.2 Å². The third kappa shape index (κ3) is 2.75. The van der Waals surface area contributed by atoms with Gasteiger partial charge in [-0.15, -0.1) is 0 Å². The molecule has 0 spiro atoms. The van der Waals surface area contributed by atoms with Crippen LogP contribution in [0.4, 0.5) is 0 Å². The highest BCUT2D eigenvalue weighted by Gasteiger charge is 2.13.